The molecule has 1 saturated heterocycles. The second-order valence-electron chi connectivity index (χ2n) is 7.59. The molecule has 0 aromatic carbocycles. The summed E-state index contributed by atoms with van der Waals surface area (Å²) in [6.45, 7) is 7.11. The fourth-order valence-corrected chi connectivity index (χ4v) is 5.77. The number of hydrogen-bond acceptors (Lipinski definition) is 4. The Labute approximate surface area is 132 Å². The highest BCUT2D eigenvalue weighted by molar-refractivity contribution is 7.89. The first-order valence-corrected chi connectivity index (χ1v) is 9.61. The van der Waals surface area contributed by atoms with E-state index < -0.39 is 10.0 Å². The SMILES string of the molecule is CC12CCC(C/C1=N\NC(=O)CN1CCCS1(=O)=O)C2(C)C. The summed E-state index contributed by atoms with van der Waals surface area (Å²) in [4.78, 5) is 12.0. The zero-order valence-electron chi connectivity index (χ0n) is 13.6. The largest absolute Gasteiger partial charge is 0.272 e. The maximum Gasteiger partial charge on any atom is 0.255 e. The van der Waals surface area contributed by atoms with Crippen LogP contribution in [0.3, 0.4) is 0 Å². The number of fused-ring (bicyclic) bond motifs is 2. The zero-order valence-corrected chi connectivity index (χ0v) is 14.4. The minimum atomic E-state index is -3.23. The normalized spacial score (nSPS) is 37.8. The van der Waals surface area contributed by atoms with Crippen molar-refractivity contribution in [1.82, 2.24) is 9.73 Å². The minimum absolute atomic E-state index is 0.0463. The van der Waals surface area contributed by atoms with Gasteiger partial charge in [0, 0.05) is 17.7 Å². The van der Waals surface area contributed by atoms with Gasteiger partial charge in [0.05, 0.1) is 12.3 Å². The first kappa shape index (κ1) is 15.9. The monoisotopic (exact) mass is 327 g/mol. The molecule has 1 aliphatic heterocycles. The van der Waals surface area contributed by atoms with E-state index in [4.69, 9.17) is 0 Å². The predicted octanol–water partition coefficient (Wildman–Crippen LogP) is 1.34. The first-order valence-electron chi connectivity index (χ1n) is 8.00. The molecule has 2 unspecified atom stereocenters. The van der Waals surface area contributed by atoms with Gasteiger partial charge in [-0.05, 0) is 37.0 Å². The second-order valence-corrected chi connectivity index (χ2v) is 9.68. The van der Waals surface area contributed by atoms with Gasteiger partial charge in [0.1, 0.15) is 0 Å². The summed E-state index contributed by atoms with van der Waals surface area (Å²) >= 11 is 0. The Balaban J connectivity index is 1.64. The van der Waals surface area contributed by atoms with E-state index in [2.05, 4.69) is 31.3 Å². The number of carbonyl (C=O) groups is 1. The Kier molecular flexibility index (Phi) is 3.64. The van der Waals surface area contributed by atoms with Crippen LogP contribution in [0.15, 0.2) is 5.10 Å². The van der Waals surface area contributed by atoms with Crippen LogP contribution >= 0.6 is 0 Å². The number of carbonyl (C=O) groups excluding carboxylic acids is 1. The summed E-state index contributed by atoms with van der Waals surface area (Å²) in [6.07, 6.45) is 3.87. The third-order valence-corrected chi connectivity index (χ3v) is 8.25. The third-order valence-electron chi connectivity index (χ3n) is 6.35. The standard InChI is InChI=1S/C15H25N3O3S/c1-14(2)11-5-6-15(14,3)12(9-11)16-17-13(19)10-18-7-4-8-22(18,20)21/h11H,4-10H2,1-3H3,(H,17,19)/b16-12+. The highest BCUT2D eigenvalue weighted by Gasteiger charge is 2.60. The maximum absolute atomic E-state index is 12.0. The molecule has 3 fully saturated rings. The number of sulfonamides is 1. The lowest BCUT2D eigenvalue weighted by Gasteiger charge is -2.34. The van der Waals surface area contributed by atoms with Crippen molar-refractivity contribution in [3.8, 4) is 0 Å². The van der Waals surface area contributed by atoms with Crippen LogP contribution in [0.4, 0.5) is 0 Å². The molecule has 2 atom stereocenters. The van der Waals surface area contributed by atoms with Gasteiger partial charge in [-0.1, -0.05) is 20.8 Å². The van der Waals surface area contributed by atoms with Crippen LogP contribution in [0.25, 0.3) is 0 Å². The van der Waals surface area contributed by atoms with Crippen LogP contribution in [-0.2, 0) is 14.8 Å². The summed E-state index contributed by atoms with van der Waals surface area (Å²) in [5.41, 5.74) is 3.90. The molecule has 22 heavy (non-hydrogen) atoms. The molecule has 0 radical (unpaired) electrons. The van der Waals surface area contributed by atoms with E-state index in [9.17, 15) is 13.2 Å². The van der Waals surface area contributed by atoms with E-state index >= 15 is 0 Å². The van der Waals surface area contributed by atoms with Crippen molar-refractivity contribution < 1.29 is 13.2 Å². The third kappa shape index (κ3) is 2.29. The van der Waals surface area contributed by atoms with E-state index in [1.54, 1.807) is 0 Å². The molecule has 0 spiro atoms. The number of amides is 1. The second kappa shape index (κ2) is 5.03. The summed E-state index contributed by atoms with van der Waals surface area (Å²) < 4.78 is 24.7. The highest BCUT2D eigenvalue weighted by Crippen LogP contribution is 2.63. The van der Waals surface area contributed by atoms with Gasteiger partial charge >= 0.3 is 0 Å². The molecular weight excluding hydrogens is 302 g/mol. The van der Waals surface area contributed by atoms with Crippen LogP contribution in [0.5, 0.6) is 0 Å². The summed E-state index contributed by atoms with van der Waals surface area (Å²) in [5.74, 6) is 0.428. The van der Waals surface area contributed by atoms with Crippen molar-refractivity contribution in [1.29, 1.82) is 0 Å². The van der Waals surface area contributed by atoms with Crippen LogP contribution in [0, 0.1) is 16.7 Å². The average molecular weight is 327 g/mol. The molecule has 1 heterocycles. The van der Waals surface area contributed by atoms with Gasteiger partial charge in [-0.2, -0.15) is 9.41 Å². The fraction of sp³-hybridized carbons (Fsp3) is 0.867. The number of nitrogens with zero attached hydrogens (tertiary/aromatic N) is 2. The van der Waals surface area contributed by atoms with E-state index in [1.165, 1.54) is 10.7 Å². The van der Waals surface area contributed by atoms with Gasteiger partial charge in [-0.15, -0.1) is 0 Å². The van der Waals surface area contributed by atoms with Crippen molar-refractivity contribution in [3.63, 3.8) is 0 Å². The molecular formula is C15H25N3O3S. The molecule has 1 amide bonds. The van der Waals surface area contributed by atoms with E-state index in [0.29, 0.717) is 18.9 Å². The lowest BCUT2D eigenvalue weighted by atomic mass is 9.70. The van der Waals surface area contributed by atoms with E-state index in [1.807, 2.05) is 0 Å². The summed E-state index contributed by atoms with van der Waals surface area (Å²) in [7, 11) is -3.23. The smallest absolute Gasteiger partial charge is 0.255 e. The topological polar surface area (TPSA) is 78.8 Å². The zero-order chi connectivity index (χ0) is 16.2. The van der Waals surface area contributed by atoms with Crippen molar-refractivity contribution in [2.75, 3.05) is 18.8 Å². The highest BCUT2D eigenvalue weighted by atomic mass is 32.2. The van der Waals surface area contributed by atoms with E-state index in [-0.39, 0.29) is 29.0 Å². The molecule has 3 aliphatic rings. The van der Waals surface area contributed by atoms with Crippen LogP contribution < -0.4 is 5.43 Å². The lowest BCUT2D eigenvalue weighted by molar-refractivity contribution is -0.121. The Morgan fingerprint density at radius 1 is 1.41 bits per heavy atom. The minimum Gasteiger partial charge on any atom is -0.272 e. The molecule has 7 heteroatoms. The van der Waals surface area contributed by atoms with Gasteiger partial charge in [-0.3, -0.25) is 4.79 Å². The summed E-state index contributed by atoms with van der Waals surface area (Å²) in [5, 5.41) is 4.36. The molecule has 2 bridgehead atoms. The van der Waals surface area contributed by atoms with Crippen molar-refractivity contribution in [2.24, 2.45) is 21.8 Å². The van der Waals surface area contributed by atoms with Crippen molar-refractivity contribution in [3.05, 3.63) is 0 Å². The van der Waals surface area contributed by atoms with E-state index in [0.717, 1.165) is 18.6 Å². The van der Waals surface area contributed by atoms with Gasteiger partial charge in [0.15, 0.2) is 0 Å². The molecule has 0 aromatic rings. The molecule has 6 nitrogen and oxygen atoms in total. The number of hydrazone groups is 1. The Morgan fingerprint density at radius 2 is 2.14 bits per heavy atom. The maximum atomic E-state index is 12.0. The summed E-state index contributed by atoms with van der Waals surface area (Å²) in [6, 6.07) is 0. The van der Waals surface area contributed by atoms with Crippen molar-refractivity contribution >= 4 is 21.6 Å². The van der Waals surface area contributed by atoms with Gasteiger partial charge in [0.25, 0.3) is 5.91 Å². The average Bonchev–Trinajstić information content (AvgIpc) is 2.93. The predicted molar refractivity (Wildman–Crippen MR) is 84.8 cm³/mol. The number of nitrogens with one attached hydrogen (secondary N) is 1. The quantitative estimate of drug-likeness (QED) is 0.795. The van der Waals surface area contributed by atoms with Crippen molar-refractivity contribution in [2.45, 2.75) is 46.5 Å². The number of rotatable bonds is 3. The van der Waals surface area contributed by atoms with Gasteiger partial charge in [0.2, 0.25) is 10.0 Å². The molecule has 2 saturated carbocycles. The Bertz CT molecular complexity index is 626. The lowest BCUT2D eigenvalue weighted by Crippen LogP contribution is -2.38. The molecule has 124 valence electrons. The Hall–Kier alpha value is -0.950. The van der Waals surface area contributed by atoms with Crippen LogP contribution in [-0.4, -0.2) is 43.2 Å². The van der Waals surface area contributed by atoms with Gasteiger partial charge in [-0.25, -0.2) is 13.8 Å². The van der Waals surface area contributed by atoms with Gasteiger partial charge < -0.3 is 0 Å². The fourth-order valence-electron chi connectivity index (χ4n) is 4.29. The number of hydrogen-bond donors (Lipinski definition) is 1. The molecule has 1 N–H and O–H groups in total. The Morgan fingerprint density at radius 3 is 2.64 bits per heavy atom. The molecule has 2 aliphatic carbocycles. The first-order chi connectivity index (χ1) is 10.2. The molecule has 3 rings (SSSR count). The molecule has 0 aromatic heterocycles. The van der Waals surface area contributed by atoms with Crippen LogP contribution in [0.1, 0.15) is 46.5 Å². The van der Waals surface area contributed by atoms with Crippen LogP contribution in [0.2, 0.25) is 0 Å².